The van der Waals surface area contributed by atoms with Gasteiger partial charge in [0.2, 0.25) is 0 Å². The van der Waals surface area contributed by atoms with Crippen molar-refractivity contribution in [2.24, 2.45) is 13.0 Å². The van der Waals surface area contributed by atoms with Gasteiger partial charge in [-0.05, 0) is 24.5 Å². The highest BCUT2D eigenvalue weighted by Gasteiger charge is 2.32. The summed E-state index contributed by atoms with van der Waals surface area (Å²) in [4.78, 5) is 4.03. The van der Waals surface area contributed by atoms with Crippen molar-refractivity contribution in [2.45, 2.75) is 24.5 Å². The number of hydrogen-bond donors (Lipinski definition) is 0. The maximum Gasteiger partial charge on any atom is 0.262 e. The monoisotopic (exact) mass is 338 g/mol. The summed E-state index contributed by atoms with van der Waals surface area (Å²) in [7, 11) is -0.164. The lowest BCUT2D eigenvalue weighted by atomic mass is 10.1. The summed E-state index contributed by atoms with van der Waals surface area (Å²) >= 11 is 0. The van der Waals surface area contributed by atoms with Crippen LogP contribution >= 0.6 is 0 Å². The molecule has 3 heterocycles. The van der Waals surface area contributed by atoms with E-state index in [1.165, 1.54) is 10.6 Å². The molecule has 0 aliphatic carbocycles. The molecule has 1 aliphatic heterocycles. The maximum atomic E-state index is 12.9. The maximum absolute atomic E-state index is 12.9. The van der Waals surface area contributed by atoms with Crippen molar-refractivity contribution in [1.29, 1.82) is 0 Å². The Morgan fingerprint density at radius 2 is 2.22 bits per heavy atom. The summed E-state index contributed by atoms with van der Waals surface area (Å²) in [5.41, 5.74) is 1.00. The van der Waals surface area contributed by atoms with Gasteiger partial charge in [0.05, 0.1) is 12.9 Å². The van der Waals surface area contributed by atoms with Crippen molar-refractivity contribution < 1.29 is 13.2 Å². The normalized spacial score (nSPS) is 19.5. The molecule has 0 radical (unpaired) electrons. The van der Waals surface area contributed by atoms with E-state index in [9.17, 15) is 8.42 Å². The van der Waals surface area contributed by atoms with Crippen LogP contribution < -0.4 is 0 Å². The standard InChI is InChI=1S/C15H22N4O3S/c1-17-11-15(16-12-17)23(20,21)19-9-13(5-7-22-2)8-18-6-3-4-14(18)10-19/h3-4,6,11-13H,5,7-10H2,1-2H3/t13-/m0/s1. The lowest BCUT2D eigenvalue weighted by molar-refractivity contribution is 0.167. The molecule has 0 N–H and O–H groups in total. The van der Waals surface area contributed by atoms with Gasteiger partial charge in [0.1, 0.15) is 0 Å². The van der Waals surface area contributed by atoms with Gasteiger partial charge in [0, 0.05) is 51.9 Å². The molecule has 0 saturated heterocycles. The number of fused-ring (bicyclic) bond motifs is 1. The summed E-state index contributed by atoms with van der Waals surface area (Å²) in [5.74, 6) is 0.210. The minimum atomic E-state index is -3.60. The van der Waals surface area contributed by atoms with Crippen molar-refractivity contribution in [3.63, 3.8) is 0 Å². The lowest BCUT2D eigenvalue weighted by Crippen LogP contribution is -2.34. The van der Waals surface area contributed by atoms with Crippen LogP contribution in [0.5, 0.6) is 0 Å². The number of nitrogens with zero attached hydrogens (tertiary/aromatic N) is 4. The SMILES string of the molecule is COCC[C@@H]1CN(S(=O)(=O)c2cn(C)cn2)Cc2cccn2C1. The Labute approximate surface area is 136 Å². The Morgan fingerprint density at radius 3 is 2.91 bits per heavy atom. The van der Waals surface area contributed by atoms with Crippen LogP contribution in [-0.2, 0) is 34.9 Å². The molecule has 1 atom stereocenters. The highest BCUT2D eigenvalue weighted by atomic mass is 32.2. The van der Waals surface area contributed by atoms with Crippen LogP contribution in [0, 0.1) is 5.92 Å². The highest BCUT2D eigenvalue weighted by molar-refractivity contribution is 7.89. The molecule has 2 aromatic heterocycles. The first-order chi connectivity index (χ1) is 11.0. The summed E-state index contributed by atoms with van der Waals surface area (Å²) in [6.07, 6.45) is 5.88. The van der Waals surface area contributed by atoms with Gasteiger partial charge >= 0.3 is 0 Å². The first-order valence-electron chi connectivity index (χ1n) is 7.62. The van der Waals surface area contributed by atoms with Crippen molar-refractivity contribution >= 4 is 10.0 Å². The number of imidazole rings is 1. The van der Waals surface area contributed by atoms with Gasteiger partial charge in [0.25, 0.3) is 10.0 Å². The number of ether oxygens (including phenoxy) is 1. The topological polar surface area (TPSA) is 69.4 Å². The molecule has 2 aromatic rings. The quantitative estimate of drug-likeness (QED) is 0.818. The summed E-state index contributed by atoms with van der Waals surface area (Å²) in [5, 5.41) is 0.102. The van der Waals surface area contributed by atoms with E-state index in [1.54, 1.807) is 24.9 Å². The zero-order valence-electron chi connectivity index (χ0n) is 13.4. The van der Waals surface area contributed by atoms with Crippen LogP contribution in [0.1, 0.15) is 12.1 Å². The zero-order chi connectivity index (χ0) is 16.4. The second kappa shape index (κ2) is 6.46. The molecule has 0 bridgehead atoms. The molecule has 126 valence electrons. The minimum absolute atomic E-state index is 0.102. The Morgan fingerprint density at radius 1 is 1.39 bits per heavy atom. The van der Waals surface area contributed by atoms with Gasteiger partial charge in [-0.15, -0.1) is 0 Å². The lowest BCUT2D eigenvalue weighted by Gasteiger charge is -2.22. The number of aromatic nitrogens is 3. The first kappa shape index (κ1) is 16.2. The molecule has 0 amide bonds. The average Bonchev–Trinajstić information content (AvgIpc) is 3.10. The van der Waals surface area contributed by atoms with Gasteiger partial charge in [-0.2, -0.15) is 4.31 Å². The van der Waals surface area contributed by atoms with Crippen LogP contribution in [0.25, 0.3) is 0 Å². The number of hydrogen-bond acceptors (Lipinski definition) is 4. The number of sulfonamides is 1. The van der Waals surface area contributed by atoms with Crippen LogP contribution in [-0.4, -0.2) is 47.1 Å². The second-order valence-corrected chi connectivity index (χ2v) is 7.86. The molecule has 7 nitrogen and oxygen atoms in total. The van der Waals surface area contributed by atoms with Crippen LogP contribution in [0.3, 0.4) is 0 Å². The van der Waals surface area contributed by atoms with Crippen LogP contribution in [0.2, 0.25) is 0 Å². The predicted octanol–water partition coefficient (Wildman–Crippen LogP) is 1.08. The Balaban J connectivity index is 1.91. The summed E-state index contributed by atoms with van der Waals surface area (Å²) in [6.45, 7) is 2.28. The third-order valence-electron chi connectivity index (χ3n) is 4.19. The smallest absolute Gasteiger partial charge is 0.262 e. The minimum Gasteiger partial charge on any atom is -0.385 e. The van der Waals surface area contributed by atoms with E-state index >= 15 is 0 Å². The number of methoxy groups -OCH3 is 1. The predicted molar refractivity (Wildman–Crippen MR) is 85.2 cm³/mol. The summed E-state index contributed by atoms with van der Waals surface area (Å²) in [6, 6.07) is 3.93. The van der Waals surface area contributed by atoms with E-state index in [4.69, 9.17) is 4.74 Å². The number of rotatable bonds is 5. The van der Waals surface area contributed by atoms with Crippen molar-refractivity contribution in [3.05, 3.63) is 36.5 Å². The summed E-state index contributed by atoms with van der Waals surface area (Å²) < 4.78 is 36.3. The molecule has 3 rings (SSSR count). The van der Waals surface area contributed by atoms with Crippen LogP contribution in [0.4, 0.5) is 0 Å². The highest BCUT2D eigenvalue weighted by Crippen LogP contribution is 2.24. The molecule has 0 saturated carbocycles. The number of aryl methyl sites for hydroxylation is 1. The molecule has 1 aliphatic rings. The average molecular weight is 338 g/mol. The molecule has 0 unspecified atom stereocenters. The van der Waals surface area contributed by atoms with E-state index in [2.05, 4.69) is 9.55 Å². The molecule has 0 aromatic carbocycles. The largest absolute Gasteiger partial charge is 0.385 e. The Hall–Kier alpha value is -1.64. The van der Waals surface area contributed by atoms with E-state index in [-0.39, 0.29) is 10.9 Å². The second-order valence-electron chi connectivity index (χ2n) is 5.97. The first-order valence-corrected chi connectivity index (χ1v) is 9.06. The van der Waals surface area contributed by atoms with Gasteiger partial charge in [-0.1, -0.05) is 0 Å². The van der Waals surface area contributed by atoms with E-state index < -0.39 is 10.0 Å². The molecule has 0 spiro atoms. The van der Waals surface area contributed by atoms with Gasteiger partial charge in [-0.3, -0.25) is 0 Å². The molecule has 23 heavy (non-hydrogen) atoms. The zero-order valence-corrected chi connectivity index (χ0v) is 14.2. The van der Waals surface area contributed by atoms with E-state index in [1.807, 2.05) is 18.3 Å². The van der Waals surface area contributed by atoms with Crippen molar-refractivity contribution in [1.82, 2.24) is 18.4 Å². The fourth-order valence-corrected chi connectivity index (χ4v) is 4.40. The van der Waals surface area contributed by atoms with Gasteiger partial charge < -0.3 is 13.9 Å². The van der Waals surface area contributed by atoms with Crippen molar-refractivity contribution in [2.75, 3.05) is 20.3 Å². The van der Waals surface area contributed by atoms with E-state index in [0.717, 1.165) is 18.7 Å². The van der Waals surface area contributed by atoms with Gasteiger partial charge in [0.15, 0.2) is 5.03 Å². The van der Waals surface area contributed by atoms with Crippen molar-refractivity contribution in [3.8, 4) is 0 Å². The third-order valence-corrected chi connectivity index (χ3v) is 5.89. The molecule has 8 heteroatoms. The van der Waals surface area contributed by atoms with Crippen LogP contribution in [0.15, 0.2) is 35.9 Å². The fraction of sp³-hybridized carbons (Fsp3) is 0.533. The molecular weight excluding hydrogens is 316 g/mol. The Bertz CT molecular complexity index is 765. The Kier molecular flexibility index (Phi) is 4.56. The molecular formula is C15H22N4O3S. The third kappa shape index (κ3) is 3.34. The molecule has 0 fully saturated rings. The van der Waals surface area contributed by atoms with Gasteiger partial charge in [-0.25, -0.2) is 13.4 Å². The fourth-order valence-electron chi connectivity index (χ4n) is 2.94. The van der Waals surface area contributed by atoms with E-state index in [0.29, 0.717) is 19.7 Å².